The number of anilines is 2. The van der Waals surface area contributed by atoms with Gasteiger partial charge in [0.05, 0.1) is 12.5 Å². The van der Waals surface area contributed by atoms with Gasteiger partial charge in [-0.1, -0.05) is 11.6 Å². The van der Waals surface area contributed by atoms with E-state index in [9.17, 15) is 0 Å². The number of hydrogen-bond donors (Lipinski definition) is 1. The van der Waals surface area contributed by atoms with Crippen LogP contribution in [0.25, 0.3) is 0 Å². The third-order valence-electron chi connectivity index (χ3n) is 1.73. The second-order valence-corrected chi connectivity index (χ2v) is 3.09. The summed E-state index contributed by atoms with van der Waals surface area (Å²) >= 11 is 5.72. The second kappa shape index (κ2) is 4.63. The minimum atomic E-state index is 0.235. The van der Waals surface area contributed by atoms with E-state index in [0.29, 0.717) is 24.5 Å². The highest BCUT2D eigenvalue weighted by molar-refractivity contribution is 6.32. The lowest BCUT2D eigenvalue weighted by molar-refractivity contribution is 0.881. The predicted molar refractivity (Wildman–Crippen MR) is 55.0 cm³/mol. The van der Waals surface area contributed by atoms with Gasteiger partial charge in [0.25, 0.3) is 0 Å². The largest absolute Gasteiger partial charge is 0.393 e. The van der Waals surface area contributed by atoms with Crippen molar-refractivity contribution >= 4 is 23.1 Å². The summed E-state index contributed by atoms with van der Waals surface area (Å²) in [5.74, 6) is 0.556. The van der Waals surface area contributed by atoms with Crippen molar-refractivity contribution in [2.24, 2.45) is 0 Å². The molecule has 0 radical (unpaired) electrons. The summed E-state index contributed by atoms with van der Waals surface area (Å²) in [5.41, 5.74) is 6.02. The molecule has 0 bridgehead atoms. The summed E-state index contributed by atoms with van der Waals surface area (Å²) in [6, 6.07) is 2.04. The monoisotopic (exact) mass is 211 g/mol. The molecule has 0 aliphatic carbocycles. The third-order valence-corrected chi connectivity index (χ3v) is 2.04. The fraction of sp³-hybridized carbons (Fsp3) is 0.375. The lowest BCUT2D eigenvalue weighted by atomic mass is 10.4. The van der Waals surface area contributed by atoms with Gasteiger partial charge in [0.2, 0.25) is 0 Å². The molecule has 5 nitrogen and oxygen atoms in total. The summed E-state index contributed by atoms with van der Waals surface area (Å²) in [7, 11) is 1.80. The van der Waals surface area contributed by atoms with E-state index in [4.69, 9.17) is 22.6 Å². The van der Waals surface area contributed by atoms with Gasteiger partial charge in [0.1, 0.15) is 12.0 Å². The normalized spacial score (nSPS) is 9.50. The van der Waals surface area contributed by atoms with E-state index >= 15 is 0 Å². The van der Waals surface area contributed by atoms with Gasteiger partial charge in [-0.25, -0.2) is 9.97 Å². The van der Waals surface area contributed by atoms with E-state index < -0.39 is 0 Å². The molecule has 0 saturated heterocycles. The van der Waals surface area contributed by atoms with Gasteiger partial charge in [0.15, 0.2) is 11.0 Å². The number of aromatic nitrogens is 2. The van der Waals surface area contributed by atoms with Crippen LogP contribution in [0.4, 0.5) is 11.5 Å². The van der Waals surface area contributed by atoms with Crippen LogP contribution in [0.2, 0.25) is 5.15 Å². The first-order chi connectivity index (χ1) is 6.66. The fourth-order valence-electron chi connectivity index (χ4n) is 0.993. The highest BCUT2D eigenvalue weighted by atomic mass is 35.5. The Labute approximate surface area is 87.1 Å². The van der Waals surface area contributed by atoms with Crippen LogP contribution in [0.3, 0.4) is 0 Å². The van der Waals surface area contributed by atoms with Crippen molar-refractivity contribution < 1.29 is 0 Å². The zero-order valence-electron chi connectivity index (χ0n) is 7.74. The summed E-state index contributed by atoms with van der Waals surface area (Å²) in [6.45, 7) is 0.564. The maximum absolute atomic E-state index is 8.42. The van der Waals surface area contributed by atoms with Gasteiger partial charge in [-0.15, -0.1) is 0 Å². The van der Waals surface area contributed by atoms with Crippen LogP contribution in [0.1, 0.15) is 6.42 Å². The van der Waals surface area contributed by atoms with Crippen molar-refractivity contribution in [2.75, 3.05) is 24.2 Å². The standard InChI is InChI=1S/C8H10ClN5/c1-14(4-2-3-10)8-6(11)7(9)12-5-13-8/h5H,2,4,11H2,1H3. The fourth-order valence-corrected chi connectivity index (χ4v) is 1.12. The van der Waals surface area contributed by atoms with Crippen LogP contribution >= 0.6 is 11.6 Å². The van der Waals surface area contributed by atoms with Crippen LogP contribution in [-0.2, 0) is 0 Å². The molecule has 0 aliphatic rings. The molecule has 0 amide bonds. The first-order valence-electron chi connectivity index (χ1n) is 4.01. The molecular formula is C8H10ClN5. The molecule has 0 spiro atoms. The molecule has 0 fully saturated rings. The van der Waals surface area contributed by atoms with Gasteiger partial charge in [0, 0.05) is 13.6 Å². The van der Waals surface area contributed by atoms with Crippen LogP contribution in [-0.4, -0.2) is 23.6 Å². The Morgan fingerprint density at radius 1 is 1.64 bits per heavy atom. The van der Waals surface area contributed by atoms with Gasteiger partial charge >= 0.3 is 0 Å². The Kier molecular flexibility index (Phi) is 3.48. The van der Waals surface area contributed by atoms with Crippen molar-refractivity contribution in [1.29, 1.82) is 5.26 Å². The van der Waals surface area contributed by atoms with E-state index in [1.54, 1.807) is 11.9 Å². The first-order valence-corrected chi connectivity index (χ1v) is 4.38. The number of nitrogen functional groups attached to an aromatic ring is 1. The number of nitrogens with zero attached hydrogens (tertiary/aromatic N) is 4. The Morgan fingerprint density at radius 3 is 3.00 bits per heavy atom. The van der Waals surface area contributed by atoms with Gasteiger partial charge in [-0.05, 0) is 0 Å². The molecule has 14 heavy (non-hydrogen) atoms. The highest BCUT2D eigenvalue weighted by Gasteiger charge is 2.09. The molecule has 2 N–H and O–H groups in total. The van der Waals surface area contributed by atoms with Crippen molar-refractivity contribution in [3.05, 3.63) is 11.5 Å². The highest BCUT2D eigenvalue weighted by Crippen LogP contribution is 2.24. The average Bonchev–Trinajstić information content (AvgIpc) is 2.18. The lowest BCUT2D eigenvalue weighted by Gasteiger charge is -2.17. The quantitative estimate of drug-likeness (QED) is 0.757. The molecule has 0 saturated carbocycles. The first kappa shape index (κ1) is 10.5. The van der Waals surface area contributed by atoms with E-state index in [2.05, 4.69) is 9.97 Å². The predicted octanol–water partition coefficient (Wildman–Crippen LogP) is 1.06. The molecule has 0 aliphatic heterocycles. The van der Waals surface area contributed by atoms with Gasteiger partial charge in [-0.2, -0.15) is 5.26 Å². The molecular weight excluding hydrogens is 202 g/mol. The summed E-state index contributed by atoms with van der Waals surface area (Å²) in [5, 5.41) is 8.65. The maximum Gasteiger partial charge on any atom is 0.157 e. The van der Waals surface area contributed by atoms with E-state index in [1.165, 1.54) is 6.33 Å². The number of rotatable bonds is 3. The van der Waals surface area contributed by atoms with Crippen LogP contribution in [0.15, 0.2) is 6.33 Å². The molecule has 1 aromatic heterocycles. The Morgan fingerprint density at radius 2 is 2.36 bits per heavy atom. The SMILES string of the molecule is CN(CCC#N)c1ncnc(Cl)c1N. The molecule has 0 unspecified atom stereocenters. The minimum absolute atomic E-state index is 0.235. The van der Waals surface area contributed by atoms with Gasteiger partial charge in [-0.3, -0.25) is 0 Å². The van der Waals surface area contributed by atoms with Gasteiger partial charge < -0.3 is 10.6 Å². The molecule has 1 aromatic rings. The van der Waals surface area contributed by atoms with E-state index in [1.807, 2.05) is 6.07 Å². The zero-order valence-corrected chi connectivity index (χ0v) is 8.49. The summed E-state index contributed by atoms with van der Waals surface area (Å²) < 4.78 is 0. The number of nitrogens with two attached hydrogens (primary N) is 1. The topological polar surface area (TPSA) is 78.8 Å². The minimum Gasteiger partial charge on any atom is -0.393 e. The summed E-state index contributed by atoms with van der Waals surface area (Å²) in [6.07, 6.45) is 1.76. The second-order valence-electron chi connectivity index (χ2n) is 2.73. The number of nitriles is 1. The molecule has 0 aromatic carbocycles. The number of hydrogen-bond acceptors (Lipinski definition) is 5. The lowest BCUT2D eigenvalue weighted by Crippen LogP contribution is -2.21. The van der Waals surface area contributed by atoms with E-state index in [0.717, 1.165) is 0 Å². The Balaban J connectivity index is 2.85. The molecule has 1 heterocycles. The van der Waals surface area contributed by atoms with Crippen LogP contribution < -0.4 is 10.6 Å². The van der Waals surface area contributed by atoms with Crippen molar-refractivity contribution in [3.63, 3.8) is 0 Å². The molecule has 0 atom stereocenters. The number of halogens is 1. The van der Waals surface area contributed by atoms with Crippen molar-refractivity contribution in [1.82, 2.24) is 9.97 Å². The zero-order chi connectivity index (χ0) is 10.6. The van der Waals surface area contributed by atoms with Crippen LogP contribution in [0, 0.1) is 11.3 Å². The van der Waals surface area contributed by atoms with Crippen molar-refractivity contribution in [3.8, 4) is 6.07 Å². The maximum atomic E-state index is 8.42. The Hall–Kier alpha value is -1.54. The molecule has 6 heteroatoms. The summed E-state index contributed by atoms with van der Waals surface area (Å²) in [4.78, 5) is 9.50. The van der Waals surface area contributed by atoms with Crippen LogP contribution in [0.5, 0.6) is 0 Å². The molecule has 1 rings (SSSR count). The smallest absolute Gasteiger partial charge is 0.157 e. The Bertz CT molecular complexity index is 359. The third kappa shape index (κ3) is 2.24. The van der Waals surface area contributed by atoms with Crippen molar-refractivity contribution in [2.45, 2.75) is 6.42 Å². The molecule has 74 valence electrons. The average molecular weight is 212 g/mol. The van der Waals surface area contributed by atoms with E-state index in [-0.39, 0.29) is 5.15 Å².